The third-order valence-corrected chi connectivity index (χ3v) is 12.9. The Balaban J connectivity index is 0.00000410. The van der Waals surface area contributed by atoms with Crippen LogP contribution in [0.5, 0.6) is 0 Å². The molecule has 1 radical (unpaired) electrons. The molecule has 0 aliphatic heterocycles. The van der Waals surface area contributed by atoms with E-state index in [0.29, 0.717) is 17.5 Å². The van der Waals surface area contributed by atoms with Crippen LogP contribution in [0.2, 0.25) is 0 Å². The second-order valence-corrected chi connectivity index (χ2v) is 18.2. The molecule has 279 valence electrons. The average Bonchev–Trinajstić information content (AvgIpc) is 3.65. The summed E-state index contributed by atoms with van der Waals surface area (Å²) in [6.07, 6.45) is 3.02. The SMILES string of the molecule is CC1(C)CC(C)(C)c2cc(-c3ccc(-c4nc(-c5ccc6c(c5)C(C)(C)c5ccccc5-6)nc(-c5ccc6c(c5)C(C)(C)c5ccccc5-6)n4)cn3)[c-]cc21.[Ir]. The summed E-state index contributed by atoms with van der Waals surface area (Å²) in [5.41, 5.74) is 17.8. The molecule has 5 heteroatoms. The molecule has 7 aromatic rings. The number of pyridine rings is 1. The first kappa shape index (κ1) is 36.5. The normalized spacial score (nSPS) is 16.9. The van der Waals surface area contributed by atoms with Crippen molar-refractivity contribution in [2.24, 2.45) is 0 Å². The van der Waals surface area contributed by atoms with Gasteiger partial charge >= 0.3 is 0 Å². The van der Waals surface area contributed by atoms with Crippen LogP contribution in [-0.2, 0) is 41.8 Å². The number of fused-ring (bicyclic) bond motifs is 7. The first-order valence-corrected chi connectivity index (χ1v) is 19.5. The minimum atomic E-state index is -0.138. The monoisotopic (exact) mass is 906 g/mol. The van der Waals surface area contributed by atoms with E-state index in [2.05, 4.69) is 171 Å². The van der Waals surface area contributed by atoms with Crippen LogP contribution in [0.15, 0.2) is 115 Å². The zero-order valence-electron chi connectivity index (χ0n) is 33.3. The molecule has 5 aromatic carbocycles. The van der Waals surface area contributed by atoms with Crippen molar-refractivity contribution >= 4 is 0 Å². The van der Waals surface area contributed by atoms with Gasteiger partial charge in [-0.2, -0.15) is 0 Å². The summed E-state index contributed by atoms with van der Waals surface area (Å²) in [6, 6.07) is 43.1. The van der Waals surface area contributed by atoms with E-state index in [1.165, 1.54) is 55.6 Å². The van der Waals surface area contributed by atoms with Crippen LogP contribution in [0.3, 0.4) is 0 Å². The molecular formula is C51H45IrN4-. The molecule has 0 atom stereocenters. The predicted octanol–water partition coefficient (Wildman–Crippen LogP) is 12.3. The summed E-state index contributed by atoms with van der Waals surface area (Å²) in [7, 11) is 0. The minimum absolute atomic E-state index is 0. The predicted molar refractivity (Wildman–Crippen MR) is 224 cm³/mol. The van der Waals surface area contributed by atoms with E-state index < -0.39 is 0 Å². The van der Waals surface area contributed by atoms with Gasteiger partial charge in [-0.15, -0.1) is 34.9 Å². The Bertz CT molecular complexity index is 2610. The van der Waals surface area contributed by atoms with E-state index >= 15 is 0 Å². The van der Waals surface area contributed by atoms with Crippen molar-refractivity contribution in [1.82, 2.24) is 19.9 Å². The van der Waals surface area contributed by atoms with Crippen molar-refractivity contribution in [2.75, 3.05) is 0 Å². The maximum Gasteiger partial charge on any atom is 0.165 e. The van der Waals surface area contributed by atoms with Crippen molar-refractivity contribution in [2.45, 2.75) is 83.5 Å². The van der Waals surface area contributed by atoms with Crippen LogP contribution >= 0.6 is 0 Å². The summed E-state index contributed by atoms with van der Waals surface area (Å²) in [5.74, 6) is 1.91. The van der Waals surface area contributed by atoms with E-state index in [0.717, 1.165) is 34.4 Å². The van der Waals surface area contributed by atoms with Gasteiger partial charge in [-0.05, 0) is 79.6 Å². The third kappa shape index (κ3) is 5.42. The van der Waals surface area contributed by atoms with Gasteiger partial charge in [0.25, 0.3) is 0 Å². The molecule has 0 amide bonds. The van der Waals surface area contributed by atoms with Crippen molar-refractivity contribution in [3.8, 4) is 67.7 Å². The molecule has 0 fully saturated rings. The minimum Gasteiger partial charge on any atom is -0.304 e. The standard InChI is InChI=1S/C51H45N4.Ir/c1-48(2)29-49(3,4)43-25-30(19-23-40(43)48)44-24-20-33(28-52-44)47-54-45(31-17-21-36-34-13-9-11-15-38(34)50(5,6)41(36)26-31)53-46(55-47)32-18-22-37-35-14-10-12-16-39(35)51(7,8)42(37)27-32;/h9-18,20-28H,29H2,1-8H3;/q-1;. The molecule has 0 spiro atoms. The number of rotatable bonds is 4. The number of hydrogen-bond donors (Lipinski definition) is 0. The topological polar surface area (TPSA) is 51.6 Å². The number of hydrogen-bond acceptors (Lipinski definition) is 4. The van der Waals surface area contributed by atoms with Crippen LogP contribution in [0.1, 0.15) is 95.2 Å². The maximum atomic E-state index is 5.22. The Morgan fingerprint density at radius 2 is 0.929 bits per heavy atom. The van der Waals surface area contributed by atoms with Gasteiger partial charge in [-0.25, -0.2) is 15.0 Å². The average molecular weight is 906 g/mol. The van der Waals surface area contributed by atoms with Crippen LogP contribution in [0.25, 0.3) is 67.7 Å². The second-order valence-electron chi connectivity index (χ2n) is 18.2. The number of nitrogens with zero attached hydrogens (tertiary/aromatic N) is 4. The third-order valence-electron chi connectivity index (χ3n) is 12.9. The quantitative estimate of drug-likeness (QED) is 0.165. The molecular weight excluding hydrogens is 861 g/mol. The zero-order chi connectivity index (χ0) is 38.1. The van der Waals surface area contributed by atoms with Crippen LogP contribution in [0.4, 0.5) is 0 Å². The summed E-state index contributed by atoms with van der Waals surface area (Å²) >= 11 is 0. The second kappa shape index (κ2) is 12.5. The van der Waals surface area contributed by atoms with Crippen molar-refractivity contribution in [3.63, 3.8) is 0 Å². The Hall–Kier alpha value is -5.09. The fraction of sp³-hybridized carbons (Fsp3) is 0.255. The summed E-state index contributed by atoms with van der Waals surface area (Å²) in [5, 5.41) is 0. The Labute approximate surface area is 344 Å². The van der Waals surface area contributed by atoms with Gasteiger partial charge in [0.2, 0.25) is 0 Å². The van der Waals surface area contributed by atoms with Crippen molar-refractivity contribution in [1.29, 1.82) is 0 Å². The van der Waals surface area contributed by atoms with Crippen molar-refractivity contribution in [3.05, 3.63) is 155 Å². The van der Waals surface area contributed by atoms with Gasteiger partial charge < -0.3 is 4.98 Å². The fourth-order valence-corrected chi connectivity index (χ4v) is 10.2. The number of benzene rings is 5. The summed E-state index contributed by atoms with van der Waals surface area (Å²) in [4.78, 5) is 20.5. The van der Waals surface area contributed by atoms with E-state index in [9.17, 15) is 0 Å². The van der Waals surface area contributed by atoms with Gasteiger partial charge in [-0.3, -0.25) is 0 Å². The van der Waals surface area contributed by atoms with Crippen LogP contribution < -0.4 is 0 Å². The van der Waals surface area contributed by atoms with Crippen molar-refractivity contribution < 1.29 is 20.1 Å². The largest absolute Gasteiger partial charge is 0.304 e. The van der Waals surface area contributed by atoms with E-state index in [1.54, 1.807) is 0 Å². The van der Waals surface area contributed by atoms with E-state index in [-0.39, 0.29) is 41.8 Å². The molecule has 4 nitrogen and oxygen atoms in total. The molecule has 0 N–H and O–H groups in total. The fourth-order valence-electron chi connectivity index (χ4n) is 10.2. The number of aromatic nitrogens is 4. The molecule has 56 heavy (non-hydrogen) atoms. The first-order chi connectivity index (χ1) is 26.2. The van der Waals surface area contributed by atoms with Gasteiger partial charge in [0, 0.05) is 53.8 Å². The van der Waals surface area contributed by atoms with Gasteiger partial charge in [0.15, 0.2) is 17.5 Å². The molecule has 0 saturated heterocycles. The van der Waals surface area contributed by atoms with E-state index in [1.807, 2.05) is 6.20 Å². The molecule has 3 aliphatic carbocycles. The molecule has 2 heterocycles. The van der Waals surface area contributed by atoms with Gasteiger partial charge in [0.05, 0.1) is 0 Å². The zero-order valence-corrected chi connectivity index (χ0v) is 35.7. The molecule has 10 rings (SSSR count). The maximum absolute atomic E-state index is 5.22. The molecule has 0 unspecified atom stereocenters. The smallest absolute Gasteiger partial charge is 0.165 e. The Morgan fingerprint density at radius 3 is 1.45 bits per heavy atom. The van der Waals surface area contributed by atoms with Crippen LogP contribution in [0, 0.1) is 6.07 Å². The van der Waals surface area contributed by atoms with Crippen LogP contribution in [-0.4, -0.2) is 19.9 Å². The summed E-state index contributed by atoms with van der Waals surface area (Å²) < 4.78 is 0. The Morgan fingerprint density at radius 1 is 0.464 bits per heavy atom. The summed E-state index contributed by atoms with van der Waals surface area (Å²) in [6.45, 7) is 18.6. The first-order valence-electron chi connectivity index (χ1n) is 19.5. The molecule has 0 bridgehead atoms. The molecule has 3 aliphatic rings. The van der Waals surface area contributed by atoms with Gasteiger partial charge in [-0.1, -0.05) is 140 Å². The van der Waals surface area contributed by atoms with E-state index in [4.69, 9.17) is 19.9 Å². The molecule has 2 aromatic heterocycles. The molecule has 0 saturated carbocycles. The van der Waals surface area contributed by atoms with Gasteiger partial charge in [0.1, 0.15) is 0 Å². The Kier molecular flexibility index (Phi) is 8.13.